The molecule has 1 aromatic heterocycles. The van der Waals surface area contributed by atoms with Gasteiger partial charge in [0.15, 0.2) is 0 Å². The van der Waals surface area contributed by atoms with Gasteiger partial charge in [0.05, 0.1) is 7.11 Å². The average molecular weight is 219 g/mol. The second-order valence-electron chi connectivity index (χ2n) is 3.74. The van der Waals surface area contributed by atoms with Gasteiger partial charge in [-0.3, -0.25) is 0 Å². The maximum Gasteiger partial charge on any atom is 0.214 e. The van der Waals surface area contributed by atoms with Crippen LogP contribution in [0, 0.1) is 0 Å². The number of nitrogens with one attached hydrogen (secondary N) is 2. The molecule has 4 nitrogen and oxygen atoms in total. The maximum absolute atomic E-state index is 5.07. The number of hydrogen-bond donors (Lipinski definition) is 2. The molecule has 0 fully saturated rings. The summed E-state index contributed by atoms with van der Waals surface area (Å²) in [6.45, 7) is 2.91. The van der Waals surface area contributed by atoms with Crippen LogP contribution >= 0.6 is 0 Å². The molecule has 2 rings (SSSR count). The lowest BCUT2D eigenvalue weighted by Crippen LogP contribution is -2.23. The van der Waals surface area contributed by atoms with Crippen molar-refractivity contribution in [3.8, 4) is 5.88 Å². The van der Waals surface area contributed by atoms with E-state index in [1.54, 1.807) is 7.11 Å². The van der Waals surface area contributed by atoms with Gasteiger partial charge >= 0.3 is 0 Å². The predicted octanol–water partition coefficient (Wildman–Crippen LogP) is 1.42. The summed E-state index contributed by atoms with van der Waals surface area (Å²) in [5.74, 6) is 1.50. The number of aromatic nitrogens is 1. The highest BCUT2D eigenvalue weighted by Crippen LogP contribution is 2.12. The molecular weight excluding hydrogens is 202 g/mol. The number of pyridine rings is 1. The molecule has 0 saturated heterocycles. The molecule has 86 valence electrons. The van der Waals surface area contributed by atoms with Crippen LogP contribution in [0.25, 0.3) is 0 Å². The number of hydrogen-bond acceptors (Lipinski definition) is 4. The van der Waals surface area contributed by atoms with Gasteiger partial charge in [-0.2, -0.15) is 4.98 Å². The summed E-state index contributed by atoms with van der Waals surface area (Å²) in [5, 5.41) is 6.59. The lowest BCUT2D eigenvalue weighted by atomic mass is 10.1. The van der Waals surface area contributed by atoms with Crippen LogP contribution < -0.4 is 15.4 Å². The van der Waals surface area contributed by atoms with Crippen LogP contribution in [0.2, 0.25) is 0 Å². The fourth-order valence-corrected chi connectivity index (χ4v) is 1.66. The monoisotopic (exact) mass is 219 g/mol. The Balaban J connectivity index is 1.91. The number of anilines is 1. The van der Waals surface area contributed by atoms with Gasteiger partial charge in [0.25, 0.3) is 0 Å². The third-order valence-electron chi connectivity index (χ3n) is 2.59. The molecule has 0 aromatic carbocycles. The number of rotatable bonds is 4. The fraction of sp³-hybridized carbons (Fsp3) is 0.417. The van der Waals surface area contributed by atoms with Crippen LogP contribution in [-0.2, 0) is 0 Å². The van der Waals surface area contributed by atoms with Crippen molar-refractivity contribution in [1.82, 2.24) is 10.3 Å². The van der Waals surface area contributed by atoms with E-state index in [4.69, 9.17) is 4.74 Å². The molecule has 0 aliphatic carbocycles. The first-order valence-corrected chi connectivity index (χ1v) is 5.52. The highest BCUT2D eigenvalue weighted by atomic mass is 16.5. The smallest absolute Gasteiger partial charge is 0.214 e. The summed E-state index contributed by atoms with van der Waals surface area (Å²) >= 11 is 0. The zero-order chi connectivity index (χ0) is 11.2. The third kappa shape index (κ3) is 2.97. The lowest BCUT2D eigenvalue weighted by molar-refractivity contribution is 0.398. The Hall–Kier alpha value is -1.55. The predicted molar refractivity (Wildman–Crippen MR) is 64.8 cm³/mol. The second kappa shape index (κ2) is 5.51. The van der Waals surface area contributed by atoms with E-state index >= 15 is 0 Å². The quantitative estimate of drug-likeness (QED) is 0.752. The summed E-state index contributed by atoms with van der Waals surface area (Å²) in [4.78, 5) is 4.30. The zero-order valence-corrected chi connectivity index (χ0v) is 9.49. The first kappa shape index (κ1) is 11.0. The molecule has 0 unspecified atom stereocenters. The minimum atomic E-state index is 0.643. The Morgan fingerprint density at radius 3 is 3.19 bits per heavy atom. The van der Waals surface area contributed by atoms with Crippen LogP contribution in [0.15, 0.2) is 29.8 Å². The van der Waals surface area contributed by atoms with Crippen molar-refractivity contribution in [1.29, 1.82) is 0 Å². The SMILES string of the molecule is COc1cccc(NCC2=CCNCC2)n1. The first-order chi connectivity index (χ1) is 7.88. The van der Waals surface area contributed by atoms with Gasteiger partial charge in [-0.05, 0) is 19.0 Å². The Labute approximate surface area is 95.7 Å². The number of methoxy groups -OCH3 is 1. The van der Waals surface area contributed by atoms with Crippen molar-refractivity contribution in [2.75, 3.05) is 32.1 Å². The van der Waals surface area contributed by atoms with Gasteiger partial charge < -0.3 is 15.4 Å². The molecule has 0 saturated carbocycles. The molecule has 0 atom stereocenters. The largest absolute Gasteiger partial charge is 0.481 e. The van der Waals surface area contributed by atoms with Crippen LogP contribution in [-0.4, -0.2) is 31.7 Å². The summed E-state index contributed by atoms with van der Waals surface area (Å²) in [6, 6.07) is 5.73. The van der Waals surface area contributed by atoms with Crippen molar-refractivity contribution in [2.45, 2.75) is 6.42 Å². The number of ether oxygens (including phenoxy) is 1. The molecule has 1 aliphatic heterocycles. The van der Waals surface area contributed by atoms with Crippen molar-refractivity contribution in [3.05, 3.63) is 29.8 Å². The molecule has 4 heteroatoms. The molecule has 1 aromatic rings. The molecule has 1 aliphatic rings. The topological polar surface area (TPSA) is 46.2 Å². The minimum absolute atomic E-state index is 0.643. The molecule has 16 heavy (non-hydrogen) atoms. The van der Waals surface area contributed by atoms with Gasteiger partial charge in [-0.25, -0.2) is 0 Å². The first-order valence-electron chi connectivity index (χ1n) is 5.52. The van der Waals surface area contributed by atoms with E-state index in [2.05, 4.69) is 21.7 Å². The number of nitrogens with zero attached hydrogens (tertiary/aromatic N) is 1. The molecule has 2 heterocycles. The standard InChI is InChI=1S/C12H17N3O/c1-16-12-4-2-3-11(15-12)14-9-10-5-7-13-8-6-10/h2-5,13H,6-9H2,1H3,(H,14,15). The Morgan fingerprint density at radius 2 is 2.44 bits per heavy atom. The van der Waals surface area contributed by atoms with E-state index in [-0.39, 0.29) is 0 Å². The van der Waals surface area contributed by atoms with Crippen LogP contribution in [0.1, 0.15) is 6.42 Å². The van der Waals surface area contributed by atoms with E-state index < -0.39 is 0 Å². The van der Waals surface area contributed by atoms with E-state index in [1.807, 2.05) is 18.2 Å². The molecule has 0 bridgehead atoms. The molecule has 0 radical (unpaired) electrons. The third-order valence-corrected chi connectivity index (χ3v) is 2.59. The minimum Gasteiger partial charge on any atom is -0.481 e. The summed E-state index contributed by atoms with van der Waals surface area (Å²) < 4.78 is 5.07. The van der Waals surface area contributed by atoms with E-state index in [0.29, 0.717) is 5.88 Å². The van der Waals surface area contributed by atoms with E-state index in [1.165, 1.54) is 5.57 Å². The van der Waals surface area contributed by atoms with Crippen LogP contribution in [0.5, 0.6) is 5.88 Å². The summed E-state index contributed by atoms with van der Waals surface area (Å²) in [6.07, 6.45) is 3.34. The van der Waals surface area contributed by atoms with Gasteiger partial charge in [0.2, 0.25) is 5.88 Å². The Morgan fingerprint density at radius 1 is 1.50 bits per heavy atom. The second-order valence-corrected chi connectivity index (χ2v) is 3.74. The Kier molecular flexibility index (Phi) is 3.77. The normalized spacial score (nSPS) is 15.4. The van der Waals surface area contributed by atoms with Gasteiger partial charge in [-0.15, -0.1) is 0 Å². The van der Waals surface area contributed by atoms with Crippen molar-refractivity contribution in [2.24, 2.45) is 0 Å². The maximum atomic E-state index is 5.07. The lowest BCUT2D eigenvalue weighted by Gasteiger charge is -2.15. The molecule has 0 amide bonds. The molecule has 2 N–H and O–H groups in total. The Bertz CT molecular complexity index is 376. The van der Waals surface area contributed by atoms with Gasteiger partial charge in [0.1, 0.15) is 5.82 Å². The van der Waals surface area contributed by atoms with Crippen LogP contribution in [0.3, 0.4) is 0 Å². The van der Waals surface area contributed by atoms with Crippen LogP contribution in [0.4, 0.5) is 5.82 Å². The van der Waals surface area contributed by atoms with Crippen molar-refractivity contribution >= 4 is 5.82 Å². The summed E-state index contributed by atoms with van der Waals surface area (Å²) in [7, 11) is 1.63. The fourth-order valence-electron chi connectivity index (χ4n) is 1.66. The molecular formula is C12H17N3O. The molecule has 0 spiro atoms. The van der Waals surface area contributed by atoms with Gasteiger partial charge in [0, 0.05) is 19.2 Å². The van der Waals surface area contributed by atoms with E-state index in [9.17, 15) is 0 Å². The van der Waals surface area contributed by atoms with E-state index in [0.717, 1.165) is 31.9 Å². The van der Waals surface area contributed by atoms with Crippen molar-refractivity contribution in [3.63, 3.8) is 0 Å². The average Bonchev–Trinajstić information content (AvgIpc) is 2.38. The summed E-state index contributed by atoms with van der Waals surface area (Å²) in [5.41, 5.74) is 1.43. The highest BCUT2D eigenvalue weighted by molar-refractivity contribution is 5.38. The van der Waals surface area contributed by atoms with Crippen molar-refractivity contribution < 1.29 is 4.74 Å². The van der Waals surface area contributed by atoms with Gasteiger partial charge in [-0.1, -0.05) is 17.7 Å². The zero-order valence-electron chi connectivity index (χ0n) is 9.49. The highest BCUT2D eigenvalue weighted by Gasteiger charge is 2.03.